The minimum Gasteiger partial charge on any atom is -0.399 e. The third-order valence-electron chi connectivity index (χ3n) is 3.05. The van der Waals surface area contributed by atoms with Crippen molar-refractivity contribution < 1.29 is 16.8 Å². The SMILES string of the molecule is Nc1cccc(S(=O)(=O)N2CCN(S(N)(=O)=O)CC2)c1. The molecule has 1 aromatic carbocycles. The van der Waals surface area contributed by atoms with Gasteiger partial charge < -0.3 is 5.73 Å². The summed E-state index contributed by atoms with van der Waals surface area (Å²) in [6, 6.07) is 5.99. The van der Waals surface area contributed by atoms with Crippen molar-refractivity contribution in [2.75, 3.05) is 31.9 Å². The second-order valence-corrected chi connectivity index (χ2v) is 7.90. The lowest BCUT2D eigenvalue weighted by molar-refractivity contribution is 0.273. The highest BCUT2D eigenvalue weighted by molar-refractivity contribution is 7.89. The van der Waals surface area contributed by atoms with Gasteiger partial charge in [0, 0.05) is 31.9 Å². The monoisotopic (exact) mass is 320 g/mol. The summed E-state index contributed by atoms with van der Waals surface area (Å²) < 4.78 is 49.4. The molecule has 1 aromatic rings. The van der Waals surface area contributed by atoms with Gasteiger partial charge in [-0.2, -0.15) is 17.0 Å². The maximum Gasteiger partial charge on any atom is 0.276 e. The number of benzene rings is 1. The molecule has 1 fully saturated rings. The van der Waals surface area contributed by atoms with E-state index in [1.54, 1.807) is 12.1 Å². The average Bonchev–Trinajstić information content (AvgIpc) is 2.38. The van der Waals surface area contributed by atoms with Crippen molar-refractivity contribution in [1.29, 1.82) is 0 Å². The molecule has 0 aromatic heterocycles. The molecule has 0 atom stereocenters. The molecule has 0 unspecified atom stereocenters. The van der Waals surface area contributed by atoms with Crippen LogP contribution in [0.1, 0.15) is 0 Å². The normalized spacial score (nSPS) is 19.1. The van der Waals surface area contributed by atoms with Gasteiger partial charge in [0.1, 0.15) is 0 Å². The van der Waals surface area contributed by atoms with E-state index in [0.29, 0.717) is 5.69 Å². The van der Waals surface area contributed by atoms with E-state index in [-0.39, 0.29) is 31.1 Å². The Hall–Kier alpha value is -1.20. The van der Waals surface area contributed by atoms with E-state index in [2.05, 4.69) is 0 Å². The van der Waals surface area contributed by atoms with Crippen molar-refractivity contribution >= 4 is 25.9 Å². The number of sulfonamides is 1. The Morgan fingerprint density at radius 3 is 2.00 bits per heavy atom. The van der Waals surface area contributed by atoms with E-state index in [1.807, 2.05) is 0 Å². The number of nitrogen functional groups attached to an aromatic ring is 1. The highest BCUT2D eigenvalue weighted by Gasteiger charge is 2.31. The van der Waals surface area contributed by atoms with Gasteiger partial charge >= 0.3 is 0 Å². The number of anilines is 1. The van der Waals surface area contributed by atoms with Gasteiger partial charge in [-0.1, -0.05) is 6.07 Å². The molecule has 0 bridgehead atoms. The van der Waals surface area contributed by atoms with Crippen LogP contribution in [0.3, 0.4) is 0 Å². The highest BCUT2D eigenvalue weighted by Crippen LogP contribution is 2.19. The van der Waals surface area contributed by atoms with Crippen LogP contribution in [0.4, 0.5) is 5.69 Å². The van der Waals surface area contributed by atoms with E-state index in [9.17, 15) is 16.8 Å². The van der Waals surface area contributed by atoms with Crippen LogP contribution >= 0.6 is 0 Å². The fraction of sp³-hybridized carbons (Fsp3) is 0.400. The van der Waals surface area contributed by atoms with Crippen LogP contribution in [-0.2, 0) is 20.2 Å². The predicted octanol–water partition coefficient (Wildman–Crippen LogP) is -1.22. The zero-order valence-electron chi connectivity index (χ0n) is 10.6. The van der Waals surface area contributed by atoms with Gasteiger partial charge in [0.15, 0.2) is 0 Å². The molecular weight excluding hydrogens is 304 g/mol. The molecular formula is C10H16N4O4S2. The number of rotatable bonds is 3. The highest BCUT2D eigenvalue weighted by atomic mass is 32.2. The first-order valence-corrected chi connectivity index (χ1v) is 8.79. The first-order valence-electron chi connectivity index (χ1n) is 5.85. The van der Waals surface area contributed by atoms with Gasteiger partial charge in [-0.25, -0.2) is 13.6 Å². The van der Waals surface area contributed by atoms with Crippen LogP contribution in [0.25, 0.3) is 0 Å². The molecule has 1 aliphatic heterocycles. The summed E-state index contributed by atoms with van der Waals surface area (Å²) in [5, 5.41) is 5.01. The van der Waals surface area contributed by atoms with Crippen molar-refractivity contribution in [3.63, 3.8) is 0 Å². The van der Waals surface area contributed by atoms with Crippen molar-refractivity contribution in [3.8, 4) is 0 Å². The lowest BCUT2D eigenvalue weighted by Gasteiger charge is -2.32. The smallest absolute Gasteiger partial charge is 0.276 e. The van der Waals surface area contributed by atoms with Gasteiger partial charge in [0.05, 0.1) is 4.90 Å². The summed E-state index contributed by atoms with van der Waals surface area (Å²) in [5.41, 5.74) is 5.93. The second kappa shape index (κ2) is 5.30. The average molecular weight is 320 g/mol. The van der Waals surface area contributed by atoms with Gasteiger partial charge in [-0.3, -0.25) is 0 Å². The Bertz CT molecular complexity index is 694. The van der Waals surface area contributed by atoms with Gasteiger partial charge in [-0.05, 0) is 18.2 Å². The van der Waals surface area contributed by atoms with Crippen LogP contribution in [0, 0.1) is 0 Å². The lowest BCUT2D eigenvalue weighted by Crippen LogP contribution is -2.52. The van der Waals surface area contributed by atoms with E-state index in [4.69, 9.17) is 10.9 Å². The summed E-state index contributed by atoms with van der Waals surface area (Å²) in [7, 11) is -7.44. The molecule has 0 saturated carbocycles. The molecule has 1 heterocycles. The predicted molar refractivity (Wildman–Crippen MR) is 74.3 cm³/mol. The number of nitrogens with zero attached hydrogens (tertiary/aromatic N) is 2. The summed E-state index contributed by atoms with van der Waals surface area (Å²) in [6.45, 7) is 0.210. The number of nitrogens with two attached hydrogens (primary N) is 2. The number of hydrogen-bond acceptors (Lipinski definition) is 5. The quantitative estimate of drug-likeness (QED) is 0.675. The topological polar surface area (TPSA) is 127 Å². The van der Waals surface area contributed by atoms with Crippen LogP contribution in [0.15, 0.2) is 29.2 Å². The molecule has 0 aliphatic carbocycles. The van der Waals surface area contributed by atoms with Crippen molar-refractivity contribution in [1.82, 2.24) is 8.61 Å². The Morgan fingerprint density at radius 2 is 1.50 bits per heavy atom. The minimum atomic E-state index is -3.77. The van der Waals surface area contributed by atoms with E-state index < -0.39 is 20.2 Å². The Kier molecular flexibility index (Phi) is 4.02. The fourth-order valence-corrected chi connectivity index (χ4v) is 4.14. The molecule has 1 aliphatic rings. The minimum absolute atomic E-state index is 0.0420. The van der Waals surface area contributed by atoms with E-state index >= 15 is 0 Å². The first kappa shape index (κ1) is 15.2. The van der Waals surface area contributed by atoms with Crippen molar-refractivity contribution in [3.05, 3.63) is 24.3 Å². The second-order valence-electron chi connectivity index (χ2n) is 4.42. The zero-order chi connectivity index (χ0) is 15.0. The van der Waals surface area contributed by atoms with Crippen LogP contribution in [0.2, 0.25) is 0 Å². The summed E-state index contributed by atoms with van der Waals surface area (Å²) in [5.74, 6) is 0. The molecule has 4 N–H and O–H groups in total. The van der Waals surface area contributed by atoms with Gasteiger partial charge in [0.25, 0.3) is 10.2 Å². The molecule has 2 rings (SSSR count). The maximum atomic E-state index is 12.4. The largest absolute Gasteiger partial charge is 0.399 e. The first-order chi connectivity index (χ1) is 9.21. The molecule has 112 valence electrons. The fourth-order valence-electron chi connectivity index (χ4n) is 1.99. The Labute approximate surface area is 118 Å². The number of piperazine rings is 1. The molecule has 1 saturated heterocycles. The summed E-state index contributed by atoms with van der Waals surface area (Å²) >= 11 is 0. The molecule has 10 heteroatoms. The van der Waals surface area contributed by atoms with Crippen LogP contribution in [-0.4, -0.2) is 51.6 Å². The molecule has 0 amide bonds. The zero-order valence-corrected chi connectivity index (χ0v) is 12.3. The molecule has 20 heavy (non-hydrogen) atoms. The maximum absolute atomic E-state index is 12.4. The van der Waals surface area contributed by atoms with Crippen LogP contribution in [0.5, 0.6) is 0 Å². The van der Waals surface area contributed by atoms with Crippen molar-refractivity contribution in [2.24, 2.45) is 5.14 Å². The van der Waals surface area contributed by atoms with E-state index in [0.717, 1.165) is 4.31 Å². The summed E-state index contributed by atoms with van der Waals surface area (Å²) in [4.78, 5) is 0.0987. The van der Waals surface area contributed by atoms with E-state index in [1.165, 1.54) is 16.4 Å². The molecule has 0 radical (unpaired) electrons. The third kappa shape index (κ3) is 3.10. The molecule has 8 nitrogen and oxygen atoms in total. The molecule has 0 spiro atoms. The Balaban J connectivity index is 2.18. The third-order valence-corrected chi connectivity index (χ3v) is 6.03. The Morgan fingerprint density at radius 1 is 0.950 bits per heavy atom. The van der Waals surface area contributed by atoms with Crippen molar-refractivity contribution in [2.45, 2.75) is 4.90 Å². The lowest BCUT2D eigenvalue weighted by atomic mass is 10.3. The van der Waals surface area contributed by atoms with Gasteiger partial charge in [0.2, 0.25) is 10.0 Å². The summed E-state index contributed by atoms with van der Waals surface area (Å²) in [6.07, 6.45) is 0. The van der Waals surface area contributed by atoms with Gasteiger partial charge in [-0.15, -0.1) is 0 Å². The number of hydrogen-bond donors (Lipinski definition) is 2. The van der Waals surface area contributed by atoms with Crippen LogP contribution < -0.4 is 10.9 Å². The standard InChI is InChI=1S/C10H16N4O4S2/c11-9-2-1-3-10(8-9)19(15,16)13-4-6-14(7-5-13)20(12,17)18/h1-3,8H,4-7,11H2,(H2,12,17,18).